The molecule has 0 aromatic carbocycles. The Morgan fingerprint density at radius 1 is 1.18 bits per heavy atom. The first-order valence-corrected chi connectivity index (χ1v) is 9.82. The lowest BCUT2D eigenvalue weighted by molar-refractivity contribution is 0.0944. The number of pyridine rings is 1. The van der Waals surface area contributed by atoms with Gasteiger partial charge in [0.05, 0.1) is 15.4 Å². The summed E-state index contributed by atoms with van der Waals surface area (Å²) in [7, 11) is 0. The summed E-state index contributed by atoms with van der Waals surface area (Å²) in [4.78, 5) is 40.2. The number of carbonyl (C=O) groups is 2. The third kappa shape index (κ3) is 3.91. The van der Waals surface area contributed by atoms with Crippen molar-refractivity contribution >= 4 is 29.0 Å². The van der Waals surface area contributed by atoms with Crippen molar-refractivity contribution in [1.82, 2.24) is 20.3 Å². The molecule has 4 heterocycles. The van der Waals surface area contributed by atoms with Crippen LogP contribution in [0.2, 0.25) is 0 Å². The smallest absolute Gasteiger partial charge is 0.261 e. The van der Waals surface area contributed by atoms with Gasteiger partial charge in [0, 0.05) is 43.3 Å². The predicted molar refractivity (Wildman–Crippen MR) is 108 cm³/mol. The summed E-state index contributed by atoms with van der Waals surface area (Å²) in [5, 5.41) is 3.05. The van der Waals surface area contributed by atoms with Crippen LogP contribution in [0.4, 0.5) is 5.95 Å². The molecule has 1 aliphatic heterocycles. The van der Waals surface area contributed by atoms with Crippen LogP contribution in [0.15, 0.2) is 48.9 Å². The van der Waals surface area contributed by atoms with Crippen LogP contribution in [0.1, 0.15) is 32.7 Å². The minimum atomic E-state index is -0.144. The third-order valence-corrected chi connectivity index (χ3v) is 5.77. The summed E-state index contributed by atoms with van der Waals surface area (Å²) in [6.07, 6.45) is 6.06. The van der Waals surface area contributed by atoms with Crippen LogP contribution in [0.5, 0.6) is 0 Å². The first-order valence-electron chi connectivity index (χ1n) is 9.00. The molecule has 8 heteroatoms. The van der Waals surface area contributed by atoms with E-state index in [1.807, 2.05) is 18.2 Å². The number of carbonyl (C=O) groups excluding carboxylic acids is 2. The number of amides is 1. The Balaban J connectivity index is 1.41. The number of ketones is 1. The Bertz CT molecular complexity index is 1000. The molecule has 1 amide bonds. The third-order valence-electron chi connectivity index (χ3n) is 4.58. The summed E-state index contributed by atoms with van der Waals surface area (Å²) in [6, 6.07) is 9.11. The van der Waals surface area contributed by atoms with Crippen molar-refractivity contribution in [3.05, 3.63) is 58.7 Å². The van der Waals surface area contributed by atoms with Gasteiger partial charge < -0.3 is 10.2 Å². The summed E-state index contributed by atoms with van der Waals surface area (Å²) in [5.74, 6) is 0.476. The molecule has 1 fully saturated rings. The zero-order valence-electron chi connectivity index (χ0n) is 15.3. The predicted octanol–water partition coefficient (Wildman–Crippen LogP) is 2.81. The minimum Gasteiger partial charge on any atom is -0.347 e. The highest BCUT2D eigenvalue weighted by Gasteiger charge is 2.26. The second-order valence-electron chi connectivity index (χ2n) is 6.61. The fourth-order valence-electron chi connectivity index (χ4n) is 3.14. The number of thiophene rings is 1. The molecule has 0 radical (unpaired) electrons. The van der Waals surface area contributed by atoms with Gasteiger partial charge in [-0.1, -0.05) is 0 Å². The molecule has 0 aliphatic carbocycles. The van der Waals surface area contributed by atoms with Gasteiger partial charge in [0.1, 0.15) is 0 Å². The summed E-state index contributed by atoms with van der Waals surface area (Å²) in [5.41, 5.74) is 1.76. The first-order chi connectivity index (χ1) is 13.6. The highest BCUT2D eigenvalue weighted by atomic mass is 32.1. The topological polar surface area (TPSA) is 88.1 Å². The van der Waals surface area contributed by atoms with Crippen molar-refractivity contribution in [3.63, 3.8) is 0 Å². The van der Waals surface area contributed by atoms with Crippen LogP contribution in [0.3, 0.4) is 0 Å². The van der Waals surface area contributed by atoms with E-state index in [4.69, 9.17) is 0 Å². The SMILES string of the molecule is CC(=O)c1ccc(C(=O)NC2CCN(c3nccc(-c4cccnc4)n3)C2)s1. The quantitative estimate of drug-likeness (QED) is 0.671. The number of anilines is 1. The van der Waals surface area contributed by atoms with Crippen LogP contribution in [0.25, 0.3) is 11.3 Å². The normalized spacial score (nSPS) is 16.2. The molecule has 1 unspecified atom stereocenters. The summed E-state index contributed by atoms with van der Waals surface area (Å²) in [6.45, 7) is 2.92. The molecule has 0 saturated carbocycles. The Kier molecular flexibility index (Phi) is 5.12. The molecule has 28 heavy (non-hydrogen) atoms. The number of rotatable bonds is 5. The molecular formula is C20H19N5O2S. The number of aromatic nitrogens is 3. The monoisotopic (exact) mass is 393 g/mol. The zero-order chi connectivity index (χ0) is 19.5. The van der Waals surface area contributed by atoms with E-state index in [0.717, 1.165) is 24.2 Å². The van der Waals surface area contributed by atoms with Crippen LogP contribution in [-0.4, -0.2) is 45.8 Å². The van der Waals surface area contributed by atoms with E-state index in [2.05, 4.69) is 25.2 Å². The molecule has 1 N–H and O–H groups in total. The Morgan fingerprint density at radius 3 is 2.79 bits per heavy atom. The van der Waals surface area contributed by atoms with E-state index in [1.165, 1.54) is 18.3 Å². The summed E-state index contributed by atoms with van der Waals surface area (Å²) >= 11 is 1.22. The lowest BCUT2D eigenvalue weighted by Crippen LogP contribution is -2.37. The fourth-order valence-corrected chi connectivity index (χ4v) is 3.95. The second kappa shape index (κ2) is 7.85. The maximum Gasteiger partial charge on any atom is 0.261 e. The largest absolute Gasteiger partial charge is 0.347 e. The van der Waals surface area contributed by atoms with Gasteiger partial charge in [0.25, 0.3) is 5.91 Å². The van der Waals surface area contributed by atoms with Gasteiger partial charge in [0.15, 0.2) is 5.78 Å². The maximum atomic E-state index is 12.5. The Labute approximate surface area is 166 Å². The van der Waals surface area contributed by atoms with Crippen molar-refractivity contribution in [1.29, 1.82) is 0 Å². The van der Waals surface area contributed by atoms with E-state index < -0.39 is 0 Å². The number of Topliss-reactive ketones (excluding diaryl/α,β-unsaturated/α-hetero) is 1. The number of hydrogen-bond acceptors (Lipinski definition) is 7. The van der Waals surface area contributed by atoms with Gasteiger partial charge in [-0.05, 0) is 43.7 Å². The van der Waals surface area contributed by atoms with Crippen molar-refractivity contribution in [2.45, 2.75) is 19.4 Å². The molecule has 3 aromatic rings. The average molecular weight is 393 g/mol. The van der Waals surface area contributed by atoms with Gasteiger partial charge in [0.2, 0.25) is 5.95 Å². The first kappa shape index (κ1) is 18.2. The number of nitrogens with one attached hydrogen (secondary N) is 1. The van der Waals surface area contributed by atoms with Crippen LogP contribution < -0.4 is 10.2 Å². The highest BCUT2D eigenvalue weighted by molar-refractivity contribution is 7.15. The van der Waals surface area contributed by atoms with Gasteiger partial charge in [-0.3, -0.25) is 14.6 Å². The molecule has 142 valence electrons. The second-order valence-corrected chi connectivity index (χ2v) is 7.69. The summed E-state index contributed by atoms with van der Waals surface area (Å²) < 4.78 is 0. The molecular weight excluding hydrogens is 374 g/mol. The van der Waals surface area contributed by atoms with E-state index >= 15 is 0 Å². The maximum absolute atomic E-state index is 12.5. The Hall–Kier alpha value is -3.13. The van der Waals surface area contributed by atoms with Crippen molar-refractivity contribution < 1.29 is 9.59 Å². The molecule has 0 bridgehead atoms. The van der Waals surface area contributed by atoms with E-state index in [0.29, 0.717) is 22.2 Å². The van der Waals surface area contributed by atoms with Crippen LogP contribution in [0, 0.1) is 0 Å². The van der Waals surface area contributed by atoms with Crippen LogP contribution >= 0.6 is 11.3 Å². The van der Waals surface area contributed by atoms with E-state index in [9.17, 15) is 9.59 Å². The van der Waals surface area contributed by atoms with Crippen molar-refractivity contribution in [2.24, 2.45) is 0 Å². The van der Waals surface area contributed by atoms with Gasteiger partial charge >= 0.3 is 0 Å². The lowest BCUT2D eigenvalue weighted by atomic mass is 10.2. The highest BCUT2D eigenvalue weighted by Crippen LogP contribution is 2.22. The average Bonchev–Trinajstić information content (AvgIpc) is 3.39. The fraction of sp³-hybridized carbons (Fsp3) is 0.250. The molecule has 1 saturated heterocycles. The minimum absolute atomic E-state index is 0.0148. The van der Waals surface area contributed by atoms with Crippen molar-refractivity contribution in [2.75, 3.05) is 18.0 Å². The van der Waals surface area contributed by atoms with Gasteiger partial charge in [-0.25, -0.2) is 9.97 Å². The van der Waals surface area contributed by atoms with Gasteiger partial charge in [-0.15, -0.1) is 11.3 Å². The number of hydrogen-bond donors (Lipinski definition) is 1. The molecule has 1 aliphatic rings. The standard InChI is InChI=1S/C20H19N5O2S/c1-13(26)17-4-5-18(28-17)19(27)23-15-7-10-25(12-15)20-22-9-6-16(24-20)14-3-2-8-21-11-14/h2-6,8-9,11,15H,7,10,12H2,1H3,(H,23,27). The van der Waals surface area contributed by atoms with Crippen molar-refractivity contribution in [3.8, 4) is 11.3 Å². The lowest BCUT2D eigenvalue weighted by Gasteiger charge is -2.17. The van der Waals surface area contributed by atoms with E-state index in [1.54, 1.807) is 30.7 Å². The molecule has 3 aromatic heterocycles. The molecule has 4 rings (SSSR count). The number of nitrogens with zero attached hydrogens (tertiary/aromatic N) is 4. The molecule has 7 nitrogen and oxygen atoms in total. The molecule has 1 atom stereocenters. The van der Waals surface area contributed by atoms with Crippen LogP contribution in [-0.2, 0) is 0 Å². The Morgan fingerprint density at radius 2 is 2.04 bits per heavy atom. The molecule has 0 spiro atoms. The van der Waals surface area contributed by atoms with E-state index in [-0.39, 0.29) is 17.7 Å². The van der Waals surface area contributed by atoms with Gasteiger partial charge in [-0.2, -0.15) is 0 Å². The zero-order valence-corrected chi connectivity index (χ0v) is 16.1.